The first-order valence-electron chi connectivity index (χ1n) is 7.76. The second-order valence-electron chi connectivity index (χ2n) is 6.60. The van der Waals surface area contributed by atoms with Crippen molar-refractivity contribution in [2.45, 2.75) is 26.2 Å². The first kappa shape index (κ1) is 16.6. The molecule has 128 valence electrons. The van der Waals surface area contributed by atoms with Gasteiger partial charge in [-0.2, -0.15) is 0 Å². The molecule has 7 heteroatoms. The van der Waals surface area contributed by atoms with Crippen LogP contribution in [0.4, 0.5) is 0 Å². The average Bonchev–Trinajstić information content (AvgIpc) is 3.02. The molecule has 3 heterocycles. The minimum absolute atomic E-state index is 0.113. The summed E-state index contributed by atoms with van der Waals surface area (Å²) in [7, 11) is 0. The molecule has 0 unspecified atom stereocenters. The molecule has 0 aromatic carbocycles. The molecule has 0 saturated carbocycles. The van der Waals surface area contributed by atoms with Crippen molar-refractivity contribution < 1.29 is 4.42 Å². The molecule has 0 atom stereocenters. The minimum Gasteiger partial charge on any atom is -0.447 e. The number of pyridine rings is 1. The lowest BCUT2D eigenvalue weighted by Crippen LogP contribution is -2.46. The van der Waals surface area contributed by atoms with Gasteiger partial charge in [0.15, 0.2) is 6.39 Å². The number of H-pyrrole nitrogens is 2. The van der Waals surface area contributed by atoms with Gasteiger partial charge in [0.05, 0.1) is 5.69 Å². The van der Waals surface area contributed by atoms with Crippen LogP contribution in [0.5, 0.6) is 0 Å². The number of rotatable bonds is 2. The van der Waals surface area contributed by atoms with E-state index >= 15 is 0 Å². The number of hydrogen-bond donors (Lipinski definition) is 2. The smallest absolute Gasteiger partial charge is 0.272 e. The van der Waals surface area contributed by atoms with E-state index < -0.39 is 11.1 Å². The molecule has 7 nitrogen and oxygen atoms in total. The van der Waals surface area contributed by atoms with E-state index in [9.17, 15) is 9.59 Å². The summed E-state index contributed by atoms with van der Waals surface area (Å²) in [4.78, 5) is 38.0. The van der Waals surface area contributed by atoms with Crippen LogP contribution in [0.25, 0.3) is 12.2 Å². The molecule has 0 aliphatic carbocycles. The lowest BCUT2D eigenvalue weighted by Gasteiger charge is -2.14. The zero-order chi connectivity index (χ0) is 18.0. The molecule has 0 bridgehead atoms. The van der Waals surface area contributed by atoms with Crippen molar-refractivity contribution in [1.29, 1.82) is 0 Å². The molecule has 3 aromatic rings. The maximum absolute atomic E-state index is 12.3. The Hall–Kier alpha value is -3.22. The molecule has 3 rings (SSSR count). The van der Waals surface area contributed by atoms with Gasteiger partial charge < -0.3 is 14.4 Å². The highest BCUT2D eigenvalue weighted by Gasteiger charge is 2.21. The van der Waals surface area contributed by atoms with Crippen molar-refractivity contribution in [3.63, 3.8) is 0 Å². The van der Waals surface area contributed by atoms with E-state index in [1.165, 1.54) is 18.5 Å². The Balaban J connectivity index is 2.14. The topological polar surface area (TPSA) is 105 Å². The normalized spacial score (nSPS) is 13.4. The fraction of sp³-hybridized carbons (Fsp3) is 0.222. The third-order valence-electron chi connectivity index (χ3n) is 3.52. The molecule has 0 saturated heterocycles. The van der Waals surface area contributed by atoms with Crippen LogP contribution in [0.15, 0.2) is 44.8 Å². The highest BCUT2D eigenvalue weighted by molar-refractivity contribution is 5.47. The van der Waals surface area contributed by atoms with Crippen LogP contribution in [0.1, 0.15) is 37.9 Å². The summed E-state index contributed by atoms with van der Waals surface area (Å²) in [6.45, 7) is 5.92. The number of aromatic amines is 2. The zero-order valence-corrected chi connectivity index (χ0v) is 14.2. The van der Waals surface area contributed by atoms with Crippen LogP contribution in [0.2, 0.25) is 0 Å². The van der Waals surface area contributed by atoms with Gasteiger partial charge in [-0.05, 0) is 24.3 Å². The average molecular weight is 338 g/mol. The third-order valence-corrected chi connectivity index (χ3v) is 3.52. The summed E-state index contributed by atoms with van der Waals surface area (Å²) in [5.74, 6) is 0.636. The van der Waals surface area contributed by atoms with Gasteiger partial charge in [0.1, 0.15) is 22.2 Å². The molecule has 0 radical (unpaired) electrons. The molecule has 0 aliphatic heterocycles. The number of nitrogens with one attached hydrogen (secondary N) is 2. The summed E-state index contributed by atoms with van der Waals surface area (Å²) >= 11 is 0. The van der Waals surface area contributed by atoms with Gasteiger partial charge in [0.25, 0.3) is 11.1 Å². The summed E-state index contributed by atoms with van der Waals surface area (Å²) in [5.41, 5.74) is -0.0359. The first-order chi connectivity index (χ1) is 11.8. The van der Waals surface area contributed by atoms with Crippen molar-refractivity contribution in [2.75, 3.05) is 0 Å². The van der Waals surface area contributed by atoms with Gasteiger partial charge in [-0.3, -0.25) is 14.6 Å². The Kier molecular flexibility index (Phi) is 4.22. The molecular formula is C18H18N4O3. The predicted octanol–water partition coefficient (Wildman–Crippen LogP) is 0.401. The van der Waals surface area contributed by atoms with E-state index in [0.29, 0.717) is 17.1 Å². The predicted molar refractivity (Wildman–Crippen MR) is 93.5 cm³/mol. The summed E-state index contributed by atoms with van der Waals surface area (Å²) in [6, 6.07) is 5.31. The van der Waals surface area contributed by atoms with Crippen LogP contribution in [-0.4, -0.2) is 19.9 Å². The summed E-state index contributed by atoms with van der Waals surface area (Å²) in [5, 5.41) is 0.250. The van der Waals surface area contributed by atoms with Gasteiger partial charge in [0.2, 0.25) is 0 Å². The van der Waals surface area contributed by atoms with Crippen LogP contribution in [-0.2, 0) is 5.41 Å². The quantitative estimate of drug-likeness (QED) is 0.704. The van der Waals surface area contributed by atoms with Gasteiger partial charge >= 0.3 is 0 Å². The van der Waals surface area contributed by atoms with E-state index in [2.05, 4.69) is 19.9 Å². The lowest BCUT2D eigenvalue weighted by molar-refractivity contribution is 0.407. The standard InChI is InChI=1S/C18H18N4O3/c1-18(2,3)15-12(20-10-25-15)9-14-17(24)21-13(16(23)22-14)8-11-6-4-5-7-19-11/h4-10H,1-3H3,(H,21,24)(H,22,23). The molecule has 2 N–H and O–H groups in total. The summed E-state index contributed by atoms with van der Waals surface area (Å²) < 4.78 is 5.41. The van der Waals surface area contributed by atoms with Crippen LogP contribution >= 0.6 is 0 Å². The Morgan fingerprint density at radius 3 is 2.28 bits per heavy atom. The molecule has 25 heavy (non-hydrogen) atoms. The van der Waals surface area contributed by atoms with Crippen molar-refractivity contribution in [3.05, 3.63) is 79.3 Å². The summed E-state index contributed by atoms with van der Waals surface area (Å²) in [6.07, 6.45) is 5.95. The number of aromatic nitrogens is 4. The van der Waals surface area contributed by atoms with E-state index in [4.69, 9.17) is 4.42 Å². The van der Waals surface area contributed by atoms with E-state index in [-0.39, 0.29) is 16.1 Å². The maximum Gasteiger partial charge on any atom is 0.272 e. The molecule has 3 aromatic heterocycles. The third kappa shape index (κ3) is 3.65. The van der Waals surface area contributed by atoms with Gasteiger partial charge in [-0.15, -0.1) is 0 Å². The molecular weight excluding hydrogens is 320 g/mol. The SMILES string of the molecule is CC(C)(C)c1ocnc1C=c1[nH]c(=O)c(=Cc2ccccn2)[nH]c1=O. The van der Waals surface area contributed by atoms with Crippen LogP contribution in [0, 0.1) is 0 Å². The van der Waals surface area contributed by atoms with E-state index in [1.807, 2.05) is 20.8 Å². The van der Waals surface area contributed by atoms with Crippen molar-refractivity contribution >= 4 is 12.2 Å². The number of nitrogens with zero attached hydrogens (tertiary/aromatic N) is 2. The zero-order valence-electron chi connectivity index (χ0n) is 14.2. The fourth-order valence-electron chi connectivity index (χ4n) is 2.36. The Bertz CT molecular complexity index is 1120. The van der Waals surface area contributed by atoms with Crippen LogP contribution < -0.4 is 21.8 Å². The van der Waals surface area contributed by atoms with Crippen molar-refractivity contribution in [1.82, 2.24) is 19.9 Å². The van der Waals surface area contributed by atoms with Crippen molar-refractivity contribution in [2.24, 2.45) is 0 Å². The van der Waals surface area contributed by atoms with Crippen LogP contribution in [0.3, 0.4) is 0 Å². The first-order valence-corrected chi connectivity index (χ1v) is 7.76. The Labute approximate surface area is 142 Å². The highest BCUT2D eigenvalue weighted by atomic mass is 16.3. The van der Waals surface area contributed by atoms with Gasteiger partial charge in [-0.1, -0.05) is 26.8 Å². The maximum atomic E-state index is 12.3. The van der Waals surface area contributed by atoms with Crippen molar-refractivity contribution in [3.8, 4) is 0 Å². The molecule has 0 spiro atoms. The molecule has 0 amide bonds. The molecule has 0 fully saturated rings. The number of oxazole rings is 1. The minimum atomic E-state index is -0.426. The lowest BCUT2D eigenvalue weighted by atomic mass is 9.92. The van der Waals surface area contributed by atoms with Gasteiger partial charge in [0, 0.05) is 11.6 Å². The second kappa shape index (κ2) is 6.35. The monoisotopic (exact) mass is 338 g/mol. The highest BCUT2D eigenvalue weighted by Crippen LogP contribution is 2.25. The van der Waals surface area contributed by atoms with Gasteiger partial charge in [-0.25, -0.2) is 4.98 Å². The van der Waals surface area contributed by atoms with E-state index in [0.717, 1.165) is 0 Å². The number of hydrogen-bond acceptors (Lipinski definition) is 5. The Morgan fingerprint density at radius 2 is 1.68 bits per heavy atom. The second-order valence-corrected chi connectivity index (χ2v) is 6.60. The fourth-order valence-corrected chi connectivity index (χ4v) is 2.36. The molecule has 0 aliphatic rings. The largest absolute Gasteiger partial charge is 0.447 e. The Morgan fingerprint density at radius 1 is 1.00 bits per heavy atom. The van der Waals surface area contributed by atoms with E-state index in [1.54, 1.807) is 24.4 Å².